The quantitative estimate of drug-likeness (QED) is 0.490. The number of hydrazone groups is 1. The van der Waals surface area contributed by atoms with Crippen LogP contribution in [0.5, 0.6) is 0 Å². The number of urea groups is 1. The molecular weight excluding hydrogens is 344 g/mol. The Labute approximate surface area is 149 Å². The fraction of sp³-hybridized carbons (Fsp3) is 0.294. The average Bonchev–Trinajstić information content (AvgIpc) is 2.83. The number of nitrogens with zero attached hydrogens (tertiary/aromatic N) is 2. The van der Waals surface area contributed by atoms with Crippen LogP contribution in [0.1, 0.15) is 25.3 Å². The van der Waals surface area contributed by atoms with Gasteiger partial charge < -0.3 is 5.73 Å². The van der Waals surface area contributed by atoms with Crippen LogP contribution in [0.3, 0.4) is 0 Å². The lowest BCUT2D eigenvalue weighted by atomic mass is 9.85. The molecule has 3 rings (SSSR count). The molecule has 2 atom stereocenters. The number of carbonyl (C=O) groups is 3. The molecule has 0 unspecified atom stereocenters. The van der Waals surface area contributed by atoms with E-state index in [9.17, 15) is 14.4 Å². The Kier molecular flexibility index (Phi) is 4.59. The Balaban J connectivity index is 1.81. The molecule has 8 heteroatoms. The molecule has 3 N–H and O–H groups in total. The number of nitrogens with one attached hydrogen (secondary N) is 1. The lowest BCUT2D eigenvalue weighted by Gasteiger charge is -2.17. The van der Waals surface area contributed by atoms with Crippen molar-refractivity contribution in [3.8, 4) is 0 Å². The Morgan fingerprint density at radius 2 is 1.88 bits per heavy atom. The number of carbonyl (C=O) groups excluding carboxylic acids is 3. The number of rotatable bonds is 3. The molecule has 1 aromatic carbocycles. The standard InChI is InChI=1S/C17H17ClN4O3/c1-9(20-21-17(19)25)10-2-5-12(6-3-10)22-15(23)13-7-4-11(18)8-14(13)16(22)24/h2-6,13-14H,7-8H2,1H3,(H3,19,21,25)/t13-,14+/m1/s1. The van der Waals surface area contributed by atoms with Gasteiger partial charge in [0.15, 0.2) is 0 Å². The maximum Gasteiger partial charge on any atom is 0.332 e. The molecule has 1 saturated heterocycles. The highest BCUT2D eigenvalue weighted by Gasteiger charge is 2.48. The van der Waals surface area contributed by atoms with Gasteiger partial charge in [0.2, 0.25) is 11.8 Å². The van der Waals surface area contributed by atoms with E-state index in [4.69, 9.17) is 17.3 Å². The van der Waals surface area contributed by atoms with Crippen LogP contribution < -0.4 is 16.1 Å². The lowest BCUT2D eigenvalue weighted by molar-refractivity contribution is -0.122. The summed E-state index contributed by atoms with van der Waals surface area (Å²) in [5, 5.41) is 4.47. The van der Waals surface area contributed by atoms with Gasteiger partial charge in [0.05, 0.1) is 23.2 Å². The number of allylic oxidation sites excluding steroid dienone is 2. The first-order valence-electron chi connectivity index (χ1n) is 7.81. The number of hydrogen-bond acceptors (Lipinski definition) is 4. The number of amides is 4. The van der Waals surface area contributed by atoms with Crippen LogP contribution in [0.25, 0.3) is 0 Å². The summed E-state index contributed by atoms with van der Waals surface area (Å²) in [6.07, 6.45) is 2.72. The molecule has 25 heavy (non-hydrogen) atoms. The van der Waals surface area contributed by atoms with Crippen molar-refractivity contribution in [1.82, 2.24) is 5.43 Å². The SMILES string of the molecule is CC(=NNC(N)=O)c1ccc(N2C(=O)[C@H]3CC(Cl)=CC[C@H]3C2=O)cc1. The Morgan fingerprint density at radius 3 is 2.52 bits per heavy atom. The van der Waals surface area contributed by atoms with Crippen LogP contribution >= 0.6 is 11.6 Å². The first-order valence-corrected chi connectivity index (χ1v) is 8.19. The Morgan fingerprint density at radius 1 is 1.24 bits per heavy atom. The summed E-state index contributed by atoms with van der Waals surface area (Å²) in [4.78, 5) is 37.2. The molecular formula is C17H17ClN4O3. The molecule has 0 spiro atoms. The number of fused-ring (bicyclic) bond motifs is 1. The van der Waals surface area contributed by atoms with Crippen molar-refractivity contribution in [2.24, 2.45) is 22.7 Å². The second-order valence-electron chi connectivity index (χ2n) is 6.04. The van der Waals surface area contributed by atoms with Gasteiger partial charge in [-0.25, -0.2) is 10.2 Å². The monoisotopic (exact) mass is 360 g/mol. The van der Waals surface area contributed by atoms with Crippen LogP contribution in [0, 0.1) is 11.8 Å². The first kappa shape index (κ1) is 17.2. The largest absolute Gasteiger partial charge is 0.350 e. The summed E-state index contributed by atoms with van der Waals surface area (Å²) in [5.74, 6) is -1.12. The molecule has 0 saturated carbocycles. The minimum Gasteiger partial charge on any atom is -0.350 e. The molecule has 1 fully saturated rings. The van der Waals surface area contributed by atoms with Gasteiger partial charge in [-0.15, -0.1) is 0 Å². The minimum absolute atomic E-state index is 0.191. The average molecular weight is 361 g/mol. The zero-order valence-electron chi connectivity index (χ0n) is 13.5. The van der Waals surface area contributed by atoms with Gasteiger partial charge in [0.25, 0.3) is 0 Å². The van der Waals surface area contributed by atoms with E-state index in [-0.39, 0.29) is 23.7 Å². The van der Waals surface area contributed by atoms with Gasteiger partial charge in [-0.2, -0.15) is 5.10 Å². The van der Waals surface area contributed by atoms with Crippen molar-refractivity contribution < 1.29 is 14.4 Å². The van der Waals surface area contributed by atoms with E-state index in [0.29, 0.717) is 29.3 Å². The van der Waals surface area contributed by atoms with Crippen LogP contribution in [0.4, 0.5) is 10.5 Å². The summed E-state index contributed by atoms with van der Waals surface area (Å²) in [6.45, 7) is 1.71. The van der Waals surface area contributed by atoms with E-state index in [2.05, 4.69) is 10.5 Å². The van der Waals surface area contributed by atoms with Crippen molar-refractivity contribution in [2.45, 2.75) is 19.8 Å². The molecule has 1 aliphatic heterocycles. The third-order valence-electron chi connectivity index (χ3n) is 4.45. The minimum atomic E-state index is -0.751. The number of nitrogens with two attached hydrogens (primary N) is 1. The van der Waals surface area contributed by atoms with Gasteiger partial charge >= 0.3 is 6.03 Å². The molecule has 0 aromatic heterocycles. The van der Waals surface area contributed by atoms with Gasteiger partial charge in [0, 0.05) is 5.03 Å². The molecule has 1 heterocycles. The normalized spacial score (nSPS) is 23.4. The molecule has 1 aromatic rings. The third-order valence-corrected chi connectivity index (χ3v) is 4.75. The predicted octanol–water partition coefficient (Wildman–Crippen LogP) is 2.10. The smallest absolute Gasteiger partial charge is 0.332 e. The number of primary amides is 1. The fourth-order valence-corrected chi connectivity index (χ4v) is 3.39. The van der Waals surface area contributed by atoms with Crippen LogP contribution in [-0.4, -0.2) is 23.6 Å². The number of anilines is 1. The van der Waals surface area contributed by atoms with Crippen LogP contribution in [0.15, 0.2) is 40.5 Å². The highest BCUT2D eigenvalue weighted by molar-refractivity contribution is 6.30. The topological polar surface area (TPSA) is 105 Å². The number of benzene rings is 1. The molecule has 0 radical (unpaired) electrons. The lowest BCUT2D eigenvalue weighted by Crippen LogP contribution is -2.30. The molecule has 7 nitrogen and oxygen atoms in total. The summed E-state index contributed by atoms with van der Waals surface area (Å²) in [6, 6.07) is 6.07. The van der Waals surface area contributed by atoms with E-state index in [1.165, 1.54) is 4.90 Å². The Hall–Kier alpha value is -2.67. The highest BCUT2D eigenvalue weighted by atomic mass is 35.5. The third kappa shape index (κ3) is 3.28. The van der Waals surface area contributed by atoms with Crippen LogP contribution in [0.2, 0.25) is 0 Å². The van der Waals surface area contributed by atoms with E-state index in [0.717, 1.165) is 5.56 Å². The van der Waals surface area contributed by atoms with Gasteiger partial charge in [-0.1, -0.05) is 29.8 Å². The Bertz CT molecular complexity index is 801. The summed E-state index contributed by atoms with van der Waals surface area (Å²) in [7, 11) is 0. The van der Waals surface area contributed by atoms with Crippen molar-refractivity contribution in [1.29, 1.82) is 0 Å². The zero-order chi connectivity index (χ0) is 18.1. The number of imide groups is 1. The van der Waals surface area contributed by atoms with E-state index in [1.54, 1.807) is 31.2 Å². The summed E-state index contributed by atoms with van der Waals surface area (Å²) < 4.78 is 0. The first-order chi connectivity index (χ1) is 11.9. The molecule has 130 valence electrons. The molecule has 4 amide bonds. The van der Waals surface area contributed by atoms with Gasteiger partial charge in [-0.3, -0.25) is 14.5 Å². The second kappa shape index (κ2) is 6.68. The predicted molar refractivity (Wildman–Crippen MR) is 94.0 cm³/mol. The van der Waals surface area contributed by atoms with Crippen molar-refractivity contribution >= 4 is 40.8 Å². The van der Waals surface area contributed by atoms with E-state index in [1.807, 2.05) is 6.08 Å². The maximum atomic E-state index is 12.6. The molecule has 1 aliphatic carbocycles. The molecule has 2 aliphatic rings. The highest BCUT2D eigenvalue weighted by Crippen LogP contribution is 2.40. The van der Waals surface area contributed by atoms with E-state index < -0.39 is 6.03 Å². The maximum absolute atomic E-state index is 12.6. The summed E-state index contributed by atoms with van der Waals surface area (Å²) in [5.41, 5.74) is 8.93. The van der Waals surface area contributed by atoms with Crippen molar-refractivity contribution in [2.75, 3.05) is 4.90 Å². The van der Waals surface area contributed by atoms with Crippen molar-refractivity contribution in [3.63, 3.8) is 0 Å². The second-order valence-corrected chi connectivity index (χ2v) is 6.52. The number of hydrogen-bond donors (Lipinski definition) is 2. The number of halogens is 1. The van der Waals surface area contributed by atoms with Crippen molar-refractivity contribution in [3.05, 3.63) is 40.9 Å². The van der Waals surface area contributed by atoms with Crippen LogP contribution in [-0.2, 0) is 9.59 Å². The summed E-state index contributed by atoms with van der Waals surface area (Å²) >= 11 is 6.02. The molecule has 0 bridgehead atoms. The fourth-order valence-electron chi connectivity index (χ4n) is 3.14. The zero-order valence-corrected chi connectivity index (χ0v) is 14.3. The van der Waals surface area contributed by atoms with E-state index >= 15 is 0 Å². The van der Waals surface area contributed by atoms with Gasteiger partial charge in [0.1, 0.15) is 0 Å². The van der Waals surface area contributed by atoms with Gasteiger partial charge in [-0.05, 0) is 37.5 Å².